The topological polar surface area (TPSA) is 8.17 Å². The Morgan fingerprint density at radius 1 is 0.234 bits per heavy atom. The van der Waals surface area contributed by atoms with Crippen LogP contribution in [0, 0.1) is 0 Å². The monoisotopic (exact) mass is 814 g/mol. The maximum absolute atomic E-state index is 2.38. The van der Waals surface area contributed by atoms with E-state index in [4.69, 9.17) is 0 Å². The van der Waals surface area contributed by atoms with Gasteiger partial charge in [-0.2, -0.15) is 0 Å². The minimum Gasteiger partial charge on any atom is -0.310 e. The van der Waals surface area contributed by atoms with Gasteiger partial charge in [-0.15, -0.1) is 0 Å². The molecule has 0 aliphatic rings. The van der Waals surface area contributed by atoms with Gasteiger partial charge >= 0.3 is 0 Å². The van der Waals surface area contributed by atoms with Crippen LogP contribution < -0.4 is 4.90 Å². The number of fused-ring (bicyclic) bond motifs is 5. The zero-order chi connectivity index (χ0) is 42.4. The van der Waals surface area contributed by atoms with E-state index in [0.717, 1.165) is 22.7 Å². The van der Waals surface area contributed by atoms with Gasteiger partial charge in [0.25, 0.3) is 0 Å². The average molecular weight is 815 g/mol. The molecule has 64 heavy (non-hydrogen) atoms. The molecule has 0 fully saturated rings. The molecule has 300 valence electrons. The lowest BCUT2D eigenvalue weighted by Gasteiger charge is -2.27. The molecule has 0 amide bonds. The van der Waals surface area contributed by atoms with Crippen molar-refractivity contribution in [2.24, 2.45) is 0 Å². The Kier molecular flexibility index (Phi) is 9.20. The van der Waals surface area contributed by atoms with E-state index in [1.54, 1.807) is 0 Å². The second-order valence-electron chi connectivity index (χ2n) is 16.5. The van der Waals surface area contributed by atoms with Gasteiger partial charge in [0.05, 0.1) is 11.0 Å². The highest BCUT2D eigenvalue weighted by Gasteiger charge is 2.19. The summed E-state index contributed by atoms with van der Waals surface area (Å²) in [5.74, 6) is 0. The van der Waals surface area contributed by atoms with Crippen LogP contribution in [0.4, 0.5) is 17.1 Å². The summed E-state index contributed by atoms with van der Waals surface area (Å²) in [6.07, 6.45) is 0. The van der Waals surface area contributed by atoms with E-state index in [1.165, 1.54) is 87.9 Å². The second-order valence-corrected chi connectivity index (χ2v) is 16.5. The van der Waals surface area contributed by atoms with Crippen LogP contribution in [0.25, 0.3) is 93.5 Å². The van der Waals surface area contributed by atoms with Crippen molar-refractivity contribution in [2.75, 3.05) is 4.90 Å². The molecular formula is C62H42N2. The maximum Gasteiger partial charge on any atom is 0.0541 e. The Labute approximate surface area is 373 Å². The number of rotatable bonds is 8. The molecule has 0 bridgehead atoms. The van der Waals surface area contributed by atoms with E-state index in [-0.39, 0.29) is 0 Å². The number of benzene rings is 11. The van der Waals surface area contributed by atoms with Crippen molar-refractivity contribution in [1.82, 2.24) is 4.57 Å². The van der Waals surface area contributed by atoms with Gasteiger partial charge in [-0.05, 0) is 133 Å². The van der Waals surface area contributed by atoms with Crippen LogP contribution in [-0.2, 0) is 0 Å². The molecule has 0 N–H and O–H groups in total. The molecule has 0 saturated carbocycles. The van der Waals surface area contributed by atoms with Crippen molar-refractivity contribution in [1.29, 1.82) is 0 Å². The summed E-state index contributed by atoms with van der Waals surface area (Å²) < 4.78 is 2.37. The molecule has 1 heterocycles. The molecule has 0 saturated heterocycles. The number of hydrogen-bond donors (Lipinski definition) is 0. The zero-order valence-corrected chi connectivity index (χ0v) is 35.1. The third-order valence-corrected chi connectivity index (χ3v) is 12.8. The third-order valence-electron chi connectivity index (χ3n) is 12.8. The minimum atomic E-state index is 1.09. The van der Waals surface area contributed by atoms with Gasteiger partial charge in [0.2, 0.25) is 0 Å². The zero-order valence-electron chi connectivity index (χ0n) is 35.1. The van der Waals surface area contributed by atoms with Crippen LogP contribution in [0.2, 0.25) is 0 Å². The average Bonchev–Trinajstić information content (AvgIpc) is 3.71. The predicted octanol–water partition coefficient (Wildman–Crippen LogP) is 17.2. The third kappa shape index (κ3) is 6.44. The standard InChI is InChI=1S/C62H42N2/c1-4-17-43(18-5-1)47-21-16-24-52(41-47)63(50-36-31-44(32-37-50)48-35-40-60-58(42-48)53-25-14-15-30-59(53)64(60)49-22-8-3-9-23-49)51-38-33-46(34-39-51)62-56-28-12-10-26-54(56)61(45-19-6-2-7-20-45)55-27-11-13-29-57(55)62/h1-42H. The van der Waals surface area contributed by atoms with Gasteiger partial charge in [-0.25, -0.2) is 0 Å². The summed E-state index contributed by atoms with van der Waals surface area (Å²) in [6, 6.07) is 92.5. The fraction of sp³-hybridized carbons (Fsp3) is 0. The molecule has 1 aromatic heterocycles. The highest BCUT2D eigenvalue weighted by Crippen LogP contribution is 2.45. The van der Waals surface area contributed by atoms with E-state index >= 15 is 0 Å². The van der Waals surface area contributed by atoms with Crippen LogP contribution >= 0.6 is 0 Å². The predicted molar refractivity (Wildman–Crippen MR) is 272 cm³/mol. The molecule has 0 radical (unpaired) electrons. The van der Waals surface area contributed by atoms with E-state index in [2.05, 4.69) is 264 Å². The SMILES string of the molecule is c1ccc(-c2cccc(N(c3ccc(-c4ccc5c(c4)c4ccccc4n5-c4ccccc4)cc3)c3ccc(-c4c5ccccc5c(-c5ccccc5)c5ccccc45)cc3)c2)cc1. The number of nitrogens with zero attached hydrogens (tertiary/aromatic N) is 2. The smallest absolute Gasteiger partial charge is 0.0541 e. The van der Waals surface area contributed by atoms with Crippen LogP contribution in [0.15, 0.2) is 255 Å². The summed E-state index contributed by atoms with van der Waals surface area (Å²) in [6.45, 7) is 0. The molecule has 12 rings (SSSR count). The fourth-order valence-corrected chi connectivity index (χ4v) is 9.85. The molecular weight excluding hydrogens is 773 g/mol. The molecule has 11 aromatic carbocycles. The summed E-state index contributed by atoms with van der Waals surface area (Å²) in [5, 5.41) is 7.51. The number of anilines is 3. The van der Waals surface area contributed by atoms with Crippen LogP contribution in [0.1, 0.15) is 0 Å². The first-order chi connectivity index (χ1) is 31.8. The number of para-hydroxylation sites is 2. The van der Waals surface area contributed by atoms with Crippen LogP contribution in [0.5, 0.6) is 0 Å². The summed E-state index contributed by atoms with van der Waals surface area (Å²) in [5.41, 5.74) is 16.5. The molecule has 0 aliphatic carbocycles. The Morgan fingerprint density at radius 2 is 0.641 bits per heavy atom. The summed E-state index contributed by atoms with van der Waals surface area (Å²) >= 11 is 0. The highest BCUT2D eigenvalue weighted by atomic mass is 15.1. The minimum absolute atomic E-state index is 1.09. The lowest BCUT2D eigenvalue weighted by molar-refractivity contribution is 1.18. The quantitative estimate of drug-likeness (QED) is 0.139. The lowest BCUT2D eigenvalue weighted by atomic mass is 9.86. The normalized spacial score (nSPS) is 11.4. The van der Waals surface area contributed by atoms with Gasteiger partial charge in [0, 0.05) is 33.5 Å². The first kappa shape index (κ1) is 37.3. The van der Waals surface area contributed by atoms with E-state index < -0.39 is 0 Å². The molecule has 0 atom stereocenters. The van der Waals surface area contributed by atoms with Crippen molar-refractivity contribution in [2.45, 2.75) is 0 Å². The summed E-state index contributed by atoms with van der Waals surface area (Å²) in [4.78, 5) is 2.38. The van der Waals surface area contributed by atoms with Crippen molar-refractivity contribution >= 4 is 60.4 Å². The number of aromatic nitrogens is 1. The van der Waals surface area contributed by atoms with Crippen LogP contribution in [-0.4, -0.2) is 4.57 Å². The van der Waals surface area contributed by atoms with E-state index in [0.29, 0.717) is 0 Å². The first-order valence-electron chi connectivity index (χ1n) is 22.0. The van der Waals surface area contributed by atoms with Gasteiger partial charge in [-0.3, -0.25) is 0 Å². The molecule has 0 aliphatic heterocycles. The highest BCUT2D eigenvalue weighted by molar-refractivity contribution is 6.21. The summed E-state index contributed by atoms with van der Waals surface area (Å²) in [7, 11) is 0. The van der Waals surface area contributed by atoms with Gasteiger partial charge in [0.1, 0.15) is 0 Å². The van der Waals surface area contributed by atoms with Gasteiger partial charge in [-0.1, -0.05) is 188 Å². The van der Waals surface area contributed by atoms with Gasteiger partial charge < -0.3 is 9.47 Å². The Bertz CT molecular complexity index is 3570. The van der Waals surface area contributed by atoms with E-state index in [1.807, 2.05) is 0 Å². The maximum atomic E-state index is 2.38. The first-order valence-corrected chi connectivity index (χ1v) is 22.0. The van der Waals surface area contributed by atoms with Crippen molar-refractivity contribution in [3.8, 4) is 50.2 Å². The fourth-order valence-electron chi connectivity index (χ4n) is 9.85. The van der Waals surface area contributed by atoms with E-state index in [9.17, 15) is 0 Å². The molecule has 2 heteroatoms. The Hall–Kier alpha value is -8.46. The van der Waals surface area contributed by atoms with Crippen LogP contribution in [0.3, 0.4) is 0 Å². The van der Waals surface area contributed by atoms with Gasteiger partial charge in [0.15, 0.2) is 0 Å². The molecule has 2 nitrogen and oxygen atoms in total. The lowest BCUT2D eigenvalue weighted by Crippen LogP contribution is -2.10. The molecule has 0 spiro atoms. The van der Waals surface area contributed by atoms with Crippen molar-refractivity contribution in [3.63, 3.8) is 0 Å². The largest absolute Gasteiger partial charge is 0.310 e. The molecule has 0 unspecified atom stereocenters. The van der Waals surface area contributed by atoms with Crippen molar-refractivity contribution in [3.05, 3.63) is 255 Å². The number of hydrogen-bond acceptors (Lipinski definition) is 1. The Morgan fingerprint density at radius 3 is 1.23 bits per heavy atom. The Balaban J connectivity index is 0.970. The second kappa shape index (κ2) is 15.8. The molecule has 12 aromatic rings. The van der Waals surface area contributed by atoms with Crippen molar-refractivity contribution < 1.29 is 0 Å².